The van der Waals surface area contributed by atoms with Gasteiger partial charge < -0.3 is 9.52 Å². The molecule has 0 atom stereocenters. The number of carbonyl (C=O) groups excluding carboxylic acids is 2. The molecule has 6 nitrogen and oxygen atoms in total. The Bertz CT molecular complexity index is 666. The maximum absolute atomic E-state index is 11.8. The van der Waals surface area contributed by atoms with Gasteiger partial charge in [0.15, 0.2) is 0 Å². The highest BCUT2D eigenvalue weighted by molar-refractivity contribution is 9.10. The van der Waals surface area contributed by atoms with Crippen LogP contribution in [0.1, 0.15) is 26.5 Å². The summed E-state index contributed by atoms with van der Waals surface area (Å²) in [6, 6.07) is 5.91. The number of hydrogen-bond donors (Lipinski definition) is 3. The van der Waals surface area contributed by atoms with E-state index in [2.05, 4.69) is 26.8 Å². The van der Waals surface area contributed by atoms with Gasteiger partial charge in [-0.1, -0.05) is 15.9 Å². The third-order valence-electron chi connectivity index (χ3n) is 2.60. The summed E-state index contributed by atoms with van der Waals surface area (Å²) < 4.78 is 5.63. The fourth-order valence-corrected chi connectivity index (χ4v) is 1.92. The Hall–Kier alpha value is -2.28. The molecule has 0 fully saturated rings. The molecule has 1 aromatic heterocycles. The molecule has 0 saturated heterocycles. The number of phenols is 1. The number of carbonyl (C=O) groups is 2. The fourth-order valence-electron chi connectivity index (χ4n) is 1.56. The van der Waals surface area contributed by atoms with Gasteiger partial charge in [-0.3, -0.25) is 20.4 Å². The molecule has 0 spiro atoms. The summed E-state index contributed by atoms with van der Waals surface area (Å²) in [6.45, 7) is 1.64. The normalized spacial score (nSPS) is 10.1. The Morgan fingerprint density at radius 1 is 1.15 bits per heavy atom. The van der Waals surface area contributed by atoms with Crippen molar-refractivity contribution in [1.29, 1.82) is 0 Å². The second kappa shape index (κ2) is 5.79. The van der Waals surface area contributed by atoms with E-state index in [1.165, 1.54) is 24.5 Å². The largest absolute Gasteiger partial charge is 0.507 e. The van der Waals surface area contributed by atoms with E-state index in [9.17, 15) is 14.7 Å². The van der Waals surface area contributed by atoms with E-state index in [4.69, 9.17) is 4.42 Å². The van der Waals surface area contributed by atoms with Crippen molar-refractivity contribution in [3.05, 3.63) is 51.9 Å². The highest BCUT2D eigenvalue weighted by Crippen LogP contribution is 2.21. The van der Waals surface area contributed by atoms with E-state index in [1.807, 2.05) is 0 Å². The van der Waals surface area contributed by atoms with Crippen LogP contribution < -0.4 is 10.9 Å². The molecule has 0 unspecified atom stereocenters. The third kappa shape index (κ3) is 3.00. The lowest BCUT2D eigenvalue weighted by Crippen LogP contribution is -2.41. The van der Waals surface area contributed by atoms with Gasteiger partial charge in [0.05, 0.1) is 17.4 Å². The quantitative estimate of drug-likeness (QED) is 0.731. The van der Waals surface area contributed by atoms with Crippen LogP contribution in [0.5, 0.6) is 5.75 Å². The Balaban J connectivity index is 2.04. The number of halogens is 1. The topological polar surface area (TPSA) is 91.6 Å². The van der Waals surface area contributed by atoms with Crippen molar-refractivity contribution in [3.8, 4) is 5.75 Å². The van der Waals surface area contributed by atoms with E-state index in [-0.39, 0.29) is 11.3 Å². The summed E-state index contributed by atoms with van der Waals surface area (Å²) in [6.07, 6.45) is 1.38. The molecule has 104 valence electrons. The van der Waals surface area contributed by atoms with Gasteiger partial charge in [0, 0.05) is 4.47 Å². The molecule has 0 aliphatic rings. The van der Waals surface area contributed by atoms with E-state index in [0.717, 1.165) is 0 Å². The summed E-state index contributed by atoms with van der Waals surface area (Å²) in [5.41, 5.74) is 4.84. The minimum atomic E-state index is -0.627. The lowest BCUT2D eigenvalue weighted by molar-refractivity contribution is 0.0844. The van der Waals surface area contributed by atoms with Crippen molar-refractivity contribution < 1.29 is 19.1 Å². The van der Waals surface area contributed by atoms with E-state index in [0.29, 0.717) is 15.8 Å². The zero-order valence-corrected chi connectivity index (χ0v) is 12.0. The predicted octanol–water partition coefficient (Wildman–Crippen LogP) is 2.13. The van der Waals surface area contributed by atoms with Crippen molar-refractivity contribution in [2.45, 2.75) is 6.92 Å². The number of benzene rings is 1. The molecule has 0 aliphatic carbocycles. The smallest absolute Gasteiger partial charge is 0.273 e. The molecular formula is C13H11BrN2O4. The first-order valence-electron chi connectivity index (χ1n) is 5.62. The molecule has 3 N–H and O–H groups in total. The second-order valence-corrected chi connectivity index (χ2v) is 4.88. The average Bonchev–Trinajstić information content (AvgIpc) is 2.84. The summed E-state index contributed by atoms with van der Waals surface area (Å²) >= 11 is 3.19. The van der Waals surface area contributed by atoms with Gasteiger partial charge in [-0.25, -0.2) is 0 Å². The first-order valence-corrected chi connectivity index (χ1v) is 6.41. The SMILES string of the molecule is Cc1occc1C(=O)NNC(=O)c1cc(Br)ccc1O. The van der Waals surface area contributed by atoms with E-state index < -0.39 is 11.8 Å². The standard InChI is InChI=1S/C13H11BrN2O4/c1-7-9(4-5-20-7)12(18)15-16-13(19)10-6-8(14)2-3-11(10)17/h2-6,17H,1H3,(H,15,18)(H,16,19). The number of phenolic OH excluding ortho intramolecular Hbond substituents is 1. The van der Waals surface area contributed by atoms with Crippen LogP contribution in [-0.4, -0.2) is 16.9 Å². The molecule has 1 heterocycles. The monoisotopic (exact) mass is 338 g/mol. The number of hydrazine groups is 1. The van der Waals surface area contributed by atoms with Gasteiger partial charge >= 0.3 is 0 Å². The van der Waals surface area contributed by atoms with Gasteiger partial charge in [-0.2, -0.15) is 0 Å². The number of aromatic hydroxyl groups is 1. The minimum Gasteiger partial charge on any atom is -0.507 e. The zero-order valence-electron chi connectivity index (χ0n) is 10.4. The molecule has 2 amide bonds. The van der Waals surface area contributed by atoms with Crippen LogP contribution in [0.3, 0.4) is 0 Å². The average molecular weight is 339 g/mol. The third-order valence-corrected chi connectivity index (χ3v) is 3.09. The summed E-state index contributed by atoms with van der Waals surface area (Å²) in [4.78, 5) is 23.6. The van der Waals surface area contributed by atoms with Crippen molar-refractivity contribution in [1.82, 2.24) is 10.9 Å². The molecule has 1 aromatic carbocycles. The number of nitrogens with one attached hydrogen (secondary N) is 2. The molecule has 2 aromatic rings. The summed E-state index contributed by atoms with van der Waals surface area (Å²) in [5.74, 6) is -0.862. The molecule has 0 radical (unpaired) electrons. The molecule has 0 aliphatic heterocycles. The lowest BCUT2D eigenvalue weighted by Gasteiger charge is -2.08. The van der Waals surface area contributed by atoms with Gasteiger partial charge in [0.25, 0.3) is 11.8 Å². The second-order valence-electron chi connectivity index (χ2n) is 3.96. The fraction of sp³-hybridized carbons (Fsp3) is 0.0769. The first-order chi connectivity index (χ1) is 9.49. The van der Waals surface area contributed by atoms with Crippen LogP contribution in [0.4, 0.5) is 0 Å². The number of rotatable bonds is 2. The highest BCUT2D eigenvalue weighted by Gasteiger charge is 2.15. The predicted molar refractivity (Wildman–Crippen MR) is 74.2 cm³/mol. The Kier molecular flexibility index (Phi) is 4.09. The molecule has 0 saturated carbocycles. The van der Waals surface area contributed by atoms with Gasteiger partial charge in [-0.05, 0) is 31.2 Å². The van der Waals surface area contributed by atoms with Crippen LogP contribution in [-0.2, 0) is 0 Å². The van der Waals surface area contributed by atoms with Crippen molar-refractivity contribution in [2.24, 2.45) is 0 Å². The van der Waals surface area contributed by atoms with Crippen LogP contribution in [0.2, 0.25) is 0 Å². The van der Waals surface area contributed by atoms with Crippen molar-refractivity contribution in [2.75, 3.05) is 0 Å². The summed E-state index contributed by atoms with van der Waals surface area (Å²) in [5, 5.41) is 9.59. The molecule has 0 bridgehead atoms. The first kappa shape index (κ1) is 14.1. The van der Waals surface area contributed by atoms with Crippen molar-refractivity contribution >= 4 is 27.7 Å². The number of amides is 2. The zero-order chi connectivity index (χ0) is 14.7. The Morgan fingerprint density at radius 3 is 2.40 bits per heavy atom. The van der Waals surface area contributed by atoms with Crippen LogP contribution >= 0.6 is 15.9 Å². The lowest BCUT2D eigenvalue weighted by atomic mass is 10.2. The summed E-state index contributed by atoms with van der Waals surface area (Å²) in [7, 11) is 0. The molecule has 2 rings (SSSR count). The number of hydrogen-bond acceptors (Lipinski definition) is 4. The number of furan rings is 1. The number of aryl methyl sites for hydroxylation is 1. The molecule has 7 heteroatoms. The van der Waals surface area contributed by atoms with Gasteiger partial charge in [0.1, 0.15) is 11.5 Å². The van der Waals surface area contributed by atoms with Crippen LogP contribution in [0, 0.1) is 6.92 Å². The Labute approximate surface area is 122 Å². The van der Waals surface area contributed by atoms with Gasteiger partial charge in [0.2, 0.25) is 0 Å². The van der Waals surface area contributed by atoms with E-state index in [1.54, 1.807) is 13.0 Å². The molecular weight excluding hydrogens is 328 g/mol. The maximum atomic E-state index is 11.8. The molecule has 20 heavy (non-hydrogen) atoms. The van der Waals surface area contributed by atoms with Crippen LogP contribution in [0.25, 0.3) is 0 Å². The van der Waals surface area contributed by atoms with Crippen LogP contribution in [0.15, 0.2) is 39.4 Å². The maximum Gasteiger partial charge on any atom is 0.273 e. The van der Waals surface area contributed by atoms with Gasteiger partial charge in [-0.15, -0.1) is 0 Å². The minimum absolute atomic E-state index is 0.0450. The highest BCUT2D eigenvalue weighted by atomic mass is 79.9. The van der Waals surface area contributed by atoms with E-state index >= 15 is 0 Å². The Morgan fingerprint density at radius 2 is 1.80 bits per heavy atom. The van der Waals surface area contributed by atoms with Crippen molar-refractivity contribution in [3.63, 3.8) is 0 Å².